The van der Waals surface area contributed by atoms with Crippen molar-refractivity contribution in [3.05, 3.63) is 60.2 Å². The van der Waals surface area contributed by atoms with Gasteiger partial charge in [-0.1, -0.05) is 55.4 Å². The molecular weight excluding hydrogens is 203 g/mol. The first kappa shape index (κ1) is 11.7. The van der Waals surface area contributed by atoms with Crippen LogP contribution >= 0.6 is 0 Å². The van der Waals surface area contributed by atoms with Gasteiger partial charge in [-0.15, -0.1) is 0 Å². The largest absolute Gasteiger partial charge is 0.0999 e. The number of rotatable bonds is 0. The Balaban J connectivity index is 0.000000514. The molecule has 3 rings (SSSR count). The molecule has 0 spiro atoms. The Labute approximate surface area is 104 Å². The molecule has 0 amide bonds. The van der Waals surface area contributed by atoms with Gasteiger partial charge in [0.05, 0.1) is 7.85 Å². The molecule has 2 radical (unpaired) electrons. The minimum atomic E-state index is 1.33. The first-order valence-corrected chi connectivity index (χ1v) is 5.81. The normalized spacial score (nSPS) is 10.0. The molecule has 0 fully saturated rings. The van der Waals surface area contributed by atoms with Crippen molar-refractivity contribution in [3.63, 3.8) is 0 Å². The van der Waals surface area contributed by atoms with Crippen LogP contribution in [0.25, 0.3) is 21.5 Å². The lowest BCUT2D eigenvalue weighted by Crippen LogP contribution is -1.81. The highest BCUT2D eigenvalue weighted by Gasteiger charge is 2.01. The molecule has 0 heterocycles. The molecule has 0 aliphatic rings. The Kier molecular flexibility index (Phi) is 3.48. The van der Waals surface area contributed by atoms with Crippen LogP contribution in [0, 0.1) is 6.92 Å². The SMILES string of the molecule is Cc1c2ccccc2cc2ccccc12.[B]C. The summed E-state index contributed by atoms with van der Waals surface area (Å²) in [6.07, 6.45) is 0. The van der Waals surface area contributed by atoms with Gasteiger partial charge in [0.25, 0.3) is 0 Å². The van der Waals surface area contributed by atoms with E-state index in [1.807, 2.05) is 0 Å². The molecule has 0 aliphatic heterocycles. The van der Waals surface area contributed by atoms with E-state index >= 15 is 0 Å². The molecule has 0 atom stereocenters. The highest BCUT2D eigenvalue weighted by molar-refractivity contribution is 6.05. The van der Waals surface area contributed by atoms with Crippen LogP contribution < -0.4 is 0 Å². The van der Waals surface area contributed by atoms with Gasteiger partial charge in [0.15, 0.2) is 0 Å². The molecule has 0 saturated carbocycles. The molecule has 0 bridgehead atoms. The van der Waals surface area contributed by atoms with E-state index in [2.05, 4.69) is 69.4 Å². The molecular formula is C16H15B. The van der Waals surface area contributed by atoms with Crippen molar-refractivity contribution in [1.29, 1.82) is 0 Å². The highest BCUT2D eigenvalue weighted by atomic mass is 14.1. The maximum absolute atomic E-state index is 4.50. The summed E-state index contributed by atoms with van der Waals surface area (Å²) >= 11 is 0. The van der Waals surface area contributed by atoms with Crippen molar-refractivity contribution >= 4 is 29.4 Å². The smallest absolute Gasteiger partial charge is 0.0606 e. The Hall–Kier alpha value is -1.76. The summed E-state index contributed by atoms with van der Waals surface area (Å²) in [5.41, 5.74) is 1.38. The number of hydrogen-bond acceptors (Lipinski definition) is 0. The zero-order valence-corrected chi connectivity index (χ0v) is 10.3. The molecule has 0 saturated heterocycles. The second-order valence-corrected chi connectivity index (χ2v) is 3.94. The maximum atomic E-state index is 4.50. The Morgan fingerprint density at radius 2 is 1.12 bits per heavy atom. The maximum Gasteiger partial charge on any atom is 0.0606 e. The predicted molar refractivity (Wildman–Crippen MR) is 77.8 cm³/mol. The van der Waals surface area contributed by atoms with Gasteiger partial charge in [-0.05, 0) is 40.1 Å². The average Bonchev–Trinajstić information content (AvgIpc) is 2.41. The summed E-state index contributed by atoms with van der Waals surface area (Å²) in [6, 6.07) is 19.4. The van der Waals surface area contributed by atoms with E-state index in [9.17, 15) is 0 Å². The van der Waals surface area contributed by atoms with E-state index in [0.717, 1.165) is 0 Å². The van der Waals surface area contributed by atoms with Crippen molar-refractivity contribution in [1.82, 2.24) is 0 Å². The summed E-state index contributed by atoms with van der Waals surface area (Å²) < 4.78 is 0. The first-order chi connectivity index (χ1) is 8.36. The van der Waals surface area contributed by atoms with Gasteiger partial charge in [-0.2, -0.15) is 0 Å². The van der Waals surface area contributed by atoms with Gasteiger partial charge in [0.1, 0.15) is 0 Å². The van der Waals surface area contributed by atoms with Crippen LogP contribution in [0.2, 0.25) is 6.82 Å². The molecule has 0 aromatic heterocycles. The van der Waals surface area contributed by atoms with Crippen LogP contribution in [-0.2, 0) is 0 Å². The first-order valence-electron chi connectivity index (χ1n) is 5.81. The number of hydrogen-bond donors (Lipinski definition) is 0. The predicted octanol–water partition coefficient (Wildman–Crippen LogP) is 4.50. The van der Waals surface area contributed by atoms with Crippen molar-refractivity contribution < 1.29 is 0 Å². The number of aryl methyl sites for hydroxylation is 1. The van der Waals surface area contributed by atoms with Crippen molar-refractivity contribution in [3.8, 4) is 0 Å². The second-order valence-electron chi connectivity index (χ2n) is 3.94. The van der Waals surface area contributed by atoms with Gasteiger partial charge < -0.3 is 0 Å². The zero-order valence-electron chi connectivity index (χ0n) is 10.3. The Morgan fingerprint density at radius 1 is 0.706 bits per heavy atom. The molecule has 1 heteroatoms. The summed E-state index contributed by atoms with van der Waals surface area (Å²) in [5.74, 6) is 0. The quantitative estimate of drug-likeness (QED) is 0.384. The van der Waals surface area contributed by atoms with Crippen LogP contribution in [0.1, 0.15) is 5.56 Å². The fourth-order valence-electron chi connectivity index (χ4n) is 2.24. The Morgan fingerprint density at radius 3 is 1.59 bits per heavy atom. The summed E-state index contributed by atoms with van der Waals surface area (Å²) in [7, 11) is 4.50. The van der Waals surface area contributed by atoms with Crippen LogP contribution in [-0.4, -0.2) is 7.85 Å². The van der Waals surface area contributed by atoms with E-state index in [1.165, 1.54) is 33.9 Å². The van der Waals surface area contributed by atoms with Crippen molar-refractivity contribution in [2.45, 2.75) is 13.7 Å². The Bertz CT molecular complexity index is 587. The van der Waals surface area contributed by atoms with E-state index in [1.54, 1.807) is 0 Å². The monoisotopic (exact) mass is 218 g/mol. The van der Waals surface area contributed by atoms with Crippen molar-refractivity contribution in [2.24, 2.45) is 0 Å². The third-order valence-electron chi connectivity index (χ3n) is 3.04. The molecule has 0 unspecified atom stereocenters. The van der Waals surface area contributed by atoms with Crippen molar-refractivity contribution in [2.75, 3.05) is 0 Å². The highest BCUT2D eigenvalue weighted by Crippen LogP contribution is 2.27. The number of fused-ring (bicyclic) bond motifs is 2. The lowest BCUT2D eigenvalue weighted by Gasteiger charge is -2.06. The number of benzene rings is 3. The fourth-order valence-corrected chi connectivity index (χ4v) is 2.24. The minimum absolute atomic E-state index is 1.33. The minimum Gasteiger partial charge on any atom is -0.0999 e. The van der Waals surface area contributed by atoms with Gasteiger partial charge in [-0.3, -0.25) is 0 Å². The van der Waals surface area contributed by atoms with E-state index in [-0.39, 0.29) is 0 Å². The van der Waals surface area contributed by atoms with Gasteiger partial charge in [0, 0.05) is 0 Å². The van der Waals surface area contributed by atoms with E-state index in [0.29, 0.717) is 0 Å². The fraction of sp³-hybridized carbons (Fsp3) is 0.125. The van der Waals surface area contributed by atoms with Gasteiger partial charge >= 0.3 is 0 Å². The van der Waals surface area contributed by atoms with Crippen LogP contribution in [0.15, 0.2) is 54.6 Å². The van der Waals surface area contributed by atoms with Crippen LogP contribution in [0.4, 0.5) is 0 Å². The van der Waals surface area contributed by atoms with E-state index < -0.39 is 0 Å². The van der Waals surface area contributed by atoms with Gasteiger partial charge in [-0.25, -0.2) is 0 Å². The molecule has 82 valence electrons. The summed E-state index contributed by atoms with van der Waals surface area (Å²) in [4.78, 5) is 0. The van der Waals surface area contributed by atoms with Crippen LogP contribution in [0.5, 0.6) is 0 Å². The molecule has 0 aliphatic carbocycles. The van der Waals surface area contributed by atoms with Crippen LogP contribution in [0.3, 0.4) is 0 Å². The van der Waals surface area contributed by atoms with E-state index in [4.69, 9.17) is 0 Å². The van der Waals surface area contributed by atoms with Gasteiger partial charge in [0.2, 0.25) is 0 Å². The molecule has 17 heavy (non-hydrogen) atoms. The topological polar surface area (TPSA) is 0 Å². The third-order valence-corrected chi connectivity index (χ3v) is 3.04. The summed E-state index contributed by atoms with van der Waals surface area (Å²) in [5, 5.41) is 5.37. The lowest BCUT2D eigenvalue weighted by atomic mass is 9.98. The molecule has 3 aromatic carbocycles. The molecule has 0 nitrogen and oxygen atoms in total. The standard InChI is InChI=1S/C15H12.CH3B/c1-11-14-8-4-2-6-12(14)10-13-7-3-5-9-15(11)13;1-2/h2-10H,1H3;1H3. The lowest BCUT2D eigenvalue weighted by molar-refractivity contribution is 1.58. The molecule has 0 N–H and O–H groups in total. The average molecular weight is 218 g/mol. The summed E-state index contributed by atoms with van der Waals surface area (Å²) in [6.45, 7) is 3.70. The third kappa shape index (κ3) is 2.05. The zero-order chi connectivity index (χ0) is 12.3. The second kappa shape index (κ2) is 5.05. The molecule has 3 aromatic rings.